The van der Waals surface area contributed by atoms with Crippen LogP contribution in [0.25, 0.3) is 22.6 Å². The lowest BCUT2D eigenvalue weighted by Crippen LogP contribution is -1.88. The third-order valence-corrected chi connectivity index (χ3v) is 3.11. The van der Waals surface area contributed by atoms with E-state index in [1.165, 1.54) is 0 Å². The minimum atomic E-state index is 0.482. The maximum atomic E-state index is 5.97. The van der Waals surface area contributed by atoms with E-state index in [1.54, 1.807) is 0 Å². The van der Waals surface area contributed by atoms with Crippen molar-refractivity contribution in [3.63, 3.8) is 0 Å². The van der Waals surface area contributed by atoms with Crippen LogP contribution in [0.15, 0.2) is 46.9 Å². The SMILES string of the molecule is CCc1ccc(-c2[nH]nc(N)c2-c2ccccc2)o1. The second-order valence-corrected chi connectivity index (χ2v) is 4.34. The van der Waals surface area contributed by atoms with E-state index in [9.17, 15) is 0 Å². The van der Waals surface area contributed by atoms with Gasteiger partial charge in [-0.1, -0.05) is 37.3 Å². The van der Waals surface area contributed by atoms with Crippen LogP contribution < -0.4 is 5.73 Å². The van der Waals surface area contributed by atoms with Gasteiger partial charge in [0.15, 0.2) is 11.6 Å². The molecule has 0 atom stereocenters. The zero-order valence-electron chi connectivity index (χ0n) is 10.7. The fraction of sp³-hybridized carbons (Fsp3) is 0.133. The van der Waals surface area contributed by atoms with Crippen LogP contribution in [0.1, 0.15) is 12.7 Å². The van der Waals surface area contributed by atoms with Crippen LogP contribution in [-0.4, -0.2) is 10.2 Å². The molecule has 0 saturated heterocycles. The maximum Gasteiger partial charge on any atom is 0.153 e. The number of nitrogens with zero attached hydrogens (tertiary/aromatic N) is 1. The van der Waals surface area contributed by atoms with Gasteiger partial charge in [-0.05, 0) is 17.7 Å². The molecule has 0 saturated carbocycles. The predicted molar refractivity (Wildman–Crippen MR) is 75.5 cm³/mol. The van der Waals surface area contributed by atoms with Crippen LogP contribution in [-0.2, 0) is 6.42 Å². The van der Waals surface area contributed by atoms with E-state index in [0.717, 1.165) is 34.8 Å². The number of rotatable bonds is 3. The Balaban J connectivity index is 2.13. The van der Waals surface area contributed by atoms with Crippen LogP contribution in [0, 0.1) is 0 Å². The van der Waals surface area contributed by atoms with Crippen molar-refractivity contribution < 1.29 is 4.42 Å². The Morgan fingerprint density at radius 3 is 2.63 bits per heavy atom. The first-order chi connectivity index (χ1) is 9.29. The topological polar surface area (TPSA) is 67.8 Å². The second kappa shape index (κ2) is 4.65. The molecule has 2 aromatic heterocycles. The monoisotopic (exact) mass is 253 g/mol. The first kappa shape index (κ1) is 11.6. The molecule has 3 rings (SSSR count). The standard InChI is InChI=1S/C15H15N3O/c1-2-11-8-9-12(19-11)14-13(15(16)18-17-14)10-6-4-3-5-7-10/h3-9H,2H2,1H3,(H3,16,17,18). The van der Waals surface area contributed by atoms with E-state index in [0.29, 0.717) is 5.82 Å². The number of nitrogens with two attached hydrogens (primary N) is 1. The summed E-state index contributed by atoms with van der Waals surface area (Å²) in [4.78, 5) is 0. The molecular weight excluding hydrogens is 238 g/mol. The summed E-state index contributed by atoms with van der Waals surface area (Å²) in [5, 5.41) is 7.05. The number of anilines is 1. The van der Waals surface area contributed by atoms with E-state index >= 15 is 0 Å². The average molecular weight is 253 g/mol. The van der Waals surface area contributed by atoms with Crippen molar-refractivity contribution in [3.8, 4) is 22.6 Å². The molecule has 0 fully saturated rings. The van der Waals surface area contributed by atoms with Crippen molar-refractivity contribution in [2.24, 2.45) is 0 Å². The molecule has 19 heavy (non-hydrogen) atoms. The van der Waals surface area contributed by atoms with Crippen LogP contribution in [0.3, 0.4) is 0 Å². The minimum absolute atomic E-state index is 0.482. The molecule has 2 heterocycles. The summed E-state index contributed by atoms with van der Waals surface area (Å²) < 4.78 is 5.77. The Hall–Kier alpha value is -2.49. The summed E-state index contributed by atoms with van der Waals surface area (Å²) in [5.41, 5.74) is 8.70. The number of benzene rings is 1. The molecule has 0 unspecified atom stereocenters. The first-order valence-electron chi connectivity index (χ1n) is 6.28. The zero-order valence-corrected chi connectivity index (χ0v) is 10.7. The van der Waals surface area contributed by atoms with E-state index in [4.69, 9.17) is 10.2 Å². The quantitative estimate of drug-likeness (QED) is 0.750. The molecular formula is C15H15N3O. The third-order valence-electron chi connectivity index (χ3n) is 3.11. The highest BCUT2D eigenvalue weighted by atomic mass is 16.3. The predicted octanol–water partition coefficient (Wildman–Crippen LogP) is 3.48. The number of H-pyrrole nitrogens is 1. The van der Waals surface area contributed by atoms with Crippen molar-refractivity contribution in [3.05, 3.63) is 48.2 Å². The fourth-order valence-corrected chi connectivity index (χ4v) is 2.13. The Labute approximate surface area is 111 Å². The molecule has 3 N–H and O–H groups in total. The Morgan fingerprint density at radius 1 is 1.16 bits per heavy atom. The smallest absolute Gasteiger partial charge is 0.153 e. The number of nitrogens with one attached hydrogen (secondary N) is 1. The highest BCUT2D eigenvalue weighted by Gasteiger charge is 2.16. The van der Waals surface area contributed by atoms with Gasteiger partial charge in [0.05, 0.1) is 5.56 Å². The van der Waals surface area contributed by atoms with Crippen molar-refractivity contribution in [2.45, 2.75) is 13.3 Å². The van der Waals surface area contributed by atoms with Crippen LogP contribution in [0.2, 0.25) is 0 Å². The van der Waals surface area contributed by atoms with Gasteiger partial charge in [0, 0.05) is 6.42 Å². The van der Waals surface area contributed by atoms with Gasteiger partial charge in [-0.2, -0.15) is 5.10 Å². The lowest BCUT2D eigenvalue weighted by atomic mass is 10.0. The summed E-state index contributed by atoms with van der Waals surface area (Å²) in [7, 11) is 0. The molecule has 4 nitrogen and oxygen atoms in total. The normalized spacial score (nSPS) is 10.8. The summed E-state index contributed by atoms with van der Waals surface area (Å²) in [6.45, 7) is 2.06. The number of aromatic amines is 1. The number of hydrogen-bond donors (Lipinski definition) is 2. The summed E-state index contributed by atoms with van der Waals surface area (Å²) in [5.74, 6) is 2.19. The van der Waals surface area contributed by atoms with Gasteiger partial charge in [0.25, 0.3) is 0 Å². The molecule has 4 heteroatoms. The molecule has 0 radical (unpaired) electrons. The van der Waals surface area contributed by atoms with Crippen molar-refractivity contribution >= 4 is 5.82 Å². The van der Waals surface area contributed by atoms with Gasteiger partial charge in [-0.15, -0.1) is 0 Å². The van der Waals surface area contributed by atoms with E-state index in [2.05, 4.69) is 17.1 Å². The molecule has 0 aliphatic rings. The van der Waals surface area contributed by atoms with Crippen LogP contribution >= 0.6 is 0 Å². The van der Waals surface area contributed by atoms with Gasteiger partial charge < -0.3 is 10.2 Å². The van der Waals surface area contributed by atoms with E-state index in [1.807, 2.05) is 42.5 Å². The average Bonchev–Trinajstić information content (AvgIpc) is 3.05. The van der Waals surface area contributed by atoms with E-state index < -0.39 is 0 Å². The van der Waals surface area contributed by atoms with Crippen LogP contribution in [0.4, 0.5) is 5.82 Å². The number of aromatic nitrogens is 2. The first-order valence-corrected chi connectivity index (χ1v) is 6.28. The molecule has 0 aliphatic carbocycles. The lowest BCUT2D eigenvalue weighted by molar-refractivity contribution is 0.527. The minimum Gasteiger partial charge on any atom is -0.459 e. The highest BCUT2D eigenvalue weighted by molar-refractivity contribution is 5.86. The second-order valence-electron chi connectivity index (χ2n) is 4.34. The van der Waals surface area contributed by atoms with Crippen molar-refractivity contribution in [2.75, 3.05) is 5.73 Å². The van der Waals surface area contributed by atoms with Gasteiger partial charge in [0.1, 0.15) is 11.5 Å². The van der Waals surface area contributed by atoms with Gasteiger partial charge in [0.2, 0.25) is 0 Å². The fourth-order valence-electron chi connectivity index (χ4n) is 2.13. The largest absolute Gasteiger partial charge is 0.459 e. The number of aryl methyl sites for hydroxylation is 1. The summed E-state index contributed by atoms with van der Waals surface area (Å²) >= 11 is 0. The summed E-state index contributed by atoms with van der Waals surface area (Å²) in [6, 6.07) is 13.9. The lowest BCUT2D eigenvalue weighted by Gasteiger charge is -2.02. The number of furan rings is 1. The van der Waals surface area contributed by atoms with Gasteiger partial charge in [-0.25, -0.2) is 0 Å². The molecule has 0 spiro atoms. The summed E-state index contributed by atoms with van der Waals surface area (Å²) in [6.07, 6.45) is 0.865. The Bertz CT molecular complexity index is 682. The van der Waals surface area contributed by atoms with Crippen molar-refractivity contribution in [1.82, 2.24) is 10.2 Å². The van der Waals surface area contributed by atoms with Crippen molar-refractivity contribution in [1.29, 1.82) is 0 Å². The van der Waals surface area contributed by atoms with Gasteiger partial charge >= 0.3 is 0 Å². The zero-order chi connectivity index (χ0) is 13.2. The van der Waals surface area contributed by atoms with Gasteiger partial charge in [-0.3, -0.25) is 5.10 Å². The Kier molecular flexibility index (Phi) is 2.83. The molecule has 96 valence electrons. The third kappa shape index (κ3) is 2.01. The molecule has 0 aliphatic heterocycles. The highest BCUT2D eigenvalue weighted by Crippen LogP contribution is 2.35. The Morgan fingerprint density at radius 2 is 1.95 bits per heavy atom. The molecule has 0 bridgehead atoms. The van der Waals surface area contributed by atoms with E-state index in [-0.39, 0.29) is 0 Å². The van der Waals surface area contributed by atoms with Crippen LogP contribution in [0.5, 0.6) is 0 Å². The molecule has 0 amide bonds. The number of hydrogen-bond acceptors (Lipinski definition) is 3. The molecule has 3 aromatic rings. The maximum absolute atomic E-state index is 5.97. The number of nitrogen functional groups attached to an aromatic ring is 1. The molecule has 1 aromatic carbocycles.